The van der Waals surface area contributed by atoms with Gasteiger partial charge in [0, 0.05) is 0 Å². The van der Waals surface area contributed by atoms with Gasteiger partial charge in [0.25, 0.3) is 5.91 Å². The fourth-order valence-electron chi connectivity index (χ4n) is 2.08. The molecule has 5 atom stereocenters. The van der Waals surface area contributed by atoms with Crippen molar-refractivity contribution in [3.63, 3.8) is 0 Å². The fourth-order valence-corrected chi connectivity index (χ4v) is 2.08. The van der Waals surface area contributed by atoms with Gasteiger partial charge in [0.05, 0.1) is 19.7 Å². The van der Waals surface area contributed by atoms with Crippen LogP contribution >= 0.6 is 0 Å². The van der Waals surface area contributed by atoms with E-state index in [9.17, 15) is 19.8 Å². The summed E-state index contributed by atoms with van der Waals surface area (Å²) in [7, 11) is 1.43. The molecule has 2 aliphatic heterocycles. The van der Waals surface area contributed by atoms with Crippen LogP contribution in [0.1, 0.15) is 0 Å². The molecule has 2 heterocycles. The van der Waals surface area contributed by atoms with Crippen molar-refractivity contribution in [1.82, 2.24) is 5.32 Å². The predicted octanol–water partition coefficient (Wildman–Crippen LogP) is -2.36. The first kappa shape index (κ1) is 13.1. The van der Waals surface area contributed by atoms with Crippen molar-refractivity contribution in [3.05, 3.63) is 12.3 Å². The van der Waals surface area contributed by atoms with Gasteiger partial charge < -0.3 is 20.1 Å². The maximum atomic E-state index is 11.8. The van der Waals surface area contributed by atoms with Crippen LogP contribution in [0.5, 0.6) is 0 Å². The molecule has 2 rings (SSSR count). The van der Waals surface area contributed by atoms with E-state index in [1.54, 1.807) is 0 Å². The zero-order valence-corrected chi connectivity index (χ0v) is 9.68. The highest BCUT2D eigenvalue weighted by Gasteiger charge is 2.55. The Kier molecular flexibility index (Phi) is 3.21. The van der Waals surface area contributed by atoms with Gasteiger partial charge in [-0.1, -0.05) is 0 Å². The van der Waals surface area contributed by atoms with Crippen LogP contribution < -0.4 is 5.32 Å². The van der Waals surface area contributed by atoms with Crippen LogP contribution in [0.3, 0.4) is 0 Å². The molecule has 0 aliphatic carbocycles. The first-order valence-corrected chi connectivity index (χ1v) is 5.43. The number of likely N-dealkylation sites (N-methyl/N-ethyl adjacent to an activating group) is 1. The number of amides is 3. The molecule has 18 heavy (non-hydrogen) atoms. The third-order valence-electron chi connectivity index (χ3n) is 3.25. The molecule has 1 saturated heterocycles. The number of nitrogens with one attached hydrogen (secondary N) is 1. The molecule has 1 unspecified atom stereocenters. The number of urea groups is 1. The molecule has 0 aromatic heterocycles. The average Bonchev–Trinajstić information content (AvgIpc) is 2.62. The molecule has 4 N–H and O–H groups in total. The van der Waals surface area contributed by atoms with Gasteiger partial charge in [0.15, 0.2) is 6.10 Å². The van der Waals surface area contributed by atoms with Gasteiger partial charge >= 0.3 is 6.03 Å². The smallest absolute Gasteiger partial charge is 0.394 e. The third kappa shape index (κ3) is 1.84. The number of ether oxygens (including phenoxy) is 1. The quantitative estimate of drug-likeness (QED) is 0.412. The van der Waals surface area contributed by atoms with Crippen LogP contribution in [0, 0.1) is 0 Å². The van der Waals surface area contributed by atoms with Gasteiger partial charge in [-0.25, -0.2) is 10.1 Å². The van der Waals surface area contributed by atoms with E-state index in [-0.39, 0.29) is 0 Å². The number of aliphatic hydroxyl groups is 3. The van der Waals surface area contributed by atoms with Crippen molar-refractivity contribution < 1.29 is 34.1 Å². The number of imide groups is 1. The highest BCUT2D eigenvalue weighted by atomic mass is 16.6. The standard InChI is InChI=1S/C10H14N2O6/c1-12(3-2-6(14)11-10(12)17)9-8(16)7(15)5(4-13)18-9/h2-3,5,7-9,13,15-16H,4H2,1H3/p+1/t5-,7-,8-,9-,12?/m1/s1. The summed E-state index contributed by atoms with van der Waals surface area (Å²) < 4.78 is 4.75. The molecule has 3 amide bonds. The van der Waals surface area contributed by atoms with E-state index in [4.69, 9.17) is 9.84 Å². The number of carbonyl (C=O) groups excluding carboxylic acids is 2. The van der Waals surface area contributed by atoms with Crippen LogP contribution in [-0.2, 0) is 9.53 Å². The molecule has 0 radical (unpaired) electrons. The normalized spacial score (nSPS) is 44.2. The van der Waals surface area contributed by atoms with Crippen molar-refractivity contribution >= 4 is 11.9 Å². The van der Waals surface area contributed by atoms with E-state index >= 15 is 0 Å². The molecule has 0 saturated carbocycles. The summed E-state index contributed by atoms with van der Waals surface area (Å²) in [6, 6.07) is -0.669. The zero-order chi connectivity index (χ0) is 13.5. The monoisotopic (exact) mass is 259 g/mol. The summed E-state index contributed by atoms with van der Waals surface area (Å²) in [6.07, 6.45) is -2.23. The van der Waals surface area contributed by atoms with Gasteiger partial charge in [-0.3, -0.25) is 4.79 Å². The lowest BCUT2D eigenvalue weighted by Crippen LogP contribution is -2.63. The van der Waals surface area contributed by atoms with Gasteiger partial charge in [-0.05, 0) is 0 Å². The summed E-state index contributed by atoms with van der Waals surface area (Å²) in [5.41, 5.74) is 0. The third-order valence-corrected chi connectivity index (χ3v) is 3.25. The van der Waals surface area contributed by atoms with Crippen LogP contribution in [0.4, 0.5) is 4.79 Å². The van der Waals surface area contributed by atoms with Crippen LogP contribution in [0.2, 0.25) is 0 Å². The van der Waals surface area contributed by atoms with E-state index < -0.39 is 47.6 Å². The van der Waals surface area contributed by atoms with Crippen molar-refractivity contribution in [3.8, 4) is 0 Å². The lowest BCUT2D eigenvalue weighted by atomic mass is 10.1. The van der Waals surface area contributed by atoms with E-state index in [0.29, 0.717) is 0 Å². The molecule has 0 aromatic rings. The second-order valence-corrected chi connectivity index (χ2v) is 4.49. The number of hydrogen-bond acceptors (Lipinski definition) is 6. The first-order chi connectivity index (χ1) is 8.40. The molecule has 0 aromatic carbocycles. The molecule has 8 heteroatoms. The largest absolute Gasteiger partial charge is 0.430 e. The molecule has 2 aliphatic rings. The van der Waals surface area contributed by atoms with Crippen molar-refractivity contribution in [2.45, 2.75) is 24.5 Å². The SMILES string of the molecule is C[N+]1([C@@H]2O[C@H](CO)[C@@H](O)[C@H]2O)C=CC(=O)NC1=O. The topological polar surface area (TPSA) is 116 Å². The van der Waals surface area contributed by atoms with Crippen molar-refractivity contribution in [2.24, 2.45) is 0 Å². The van der Waals surface area contributed by atoms with Gasteiger partial charge in [0.2, 0.25) is 6.23 Å². The average molecular weight is 259 g/mol. The summed E-state index contributed by atoms with van der Waals surface area (Å²) in [6.45, 7) is -0.473. The van der Waals surface area contributed by atoms with E-state index in [2.05, 4.69) is 5.32 Å². The predicted molar refractivity (Wildman–Crippen MR) is 56.6 cm³/mol. The minimum atomic E-state index is -1.34. The summed E-state index contributed by atoms with van der Waals surface area (Å²) in [4.78, 5) is 22.8. The highest BCUT2D eigenvalue weighted by molar-refractivity contribution is 6.00. The maximum absolute atomic E-state index is 11.8. The lowest BCUT2D eigenvalue weighted by molar-refractivity contribution is -0.836. The van der Waals surface area contributed by atoms with Crippen molar-refractivity contribution in [1.29, 1.82) is 0 Å². The lowest BCUT2D eigenvalue weighted by Gasteiger charge is -2.35. The summed E-state index contributed by atoms with van der Waals surface area (Å²) in [5, 5.41) is 30.6. The Labute approximate surface area is 103 Å². The number of hydrogen-bond donors (Lipinski definition) is 4. The number of rotatable bonds is 2. The van der Waals surface area contributed by atoms with E-state index in [1.807, 2.05) is 0 Å². The minimum absolute atomic E-state index is 0.473. The van der Waals surface area contributed by atoms with Gasteiger partial charge in [-0.15, -0.1) is 0 Å². The number of aliphatic hydroxyl groups excluding tert-OH is 3. The zero-order valence-electron chi connectivity index (χ0n) is 9.68. The van der Waals surface area contributed by atoms with E-state index in [0.717, 1.165) is 6.08 Å². The van der Waals surface area contributed by atoms with Crippen LogP contribution in [-0.4, -0.2) is 69.9 Å². The molecular weight excluding hydrogens is 244 g/mol. The minimum Gasteiger partial charge on any atom is -0.394 e. The first-order valence-electron chi connectivity index (χ1n) is 5.43. The van der Waals surface area contributed by atoms with Crippen LogP contribution in [0.15, 0.2) is 12.3 Å². The fraction of sp³-hybridized carbons (Fsp3) is 0.600. The Morgan fingerprint density at radius 3 is 2.56 bits per heavy atom. The molecule has 0 bridgehead atoms. The molecule has 8 nitrogen and oxygen atoms in total. The second-order valence-electron chi connectivity index (χ2n) is 4.49. The van der Waals surface area contributed by atoms with Crippen molar-refractivity contribution in [2.75, 3.05) is 13.7 Å². The molecular formula is C10H15N2O6+. The number of nitrogens with zero attached hydrogens (tertiary/aromatic N) is 1. The Hall–Kier alpha value is -1.32. The number of quaternary nitrogens is 1. The molecule has 0 spiro atoms. The Morgan fingerprint density at radius 1 is 1.39 bits per heavy atom. The maximum Gasteiger partial charge on any atom is 0.430 e. The summed E-state index contributed by atoms with van der Waals surface area (Å²) >= 11 is 0. The number of carbonyl (C=O) groups is 2. The Morgan fingerprint density at radius 2 is 2.06 bits per heavy atom. The highest BCUT2D eigenvalue weighted by Crippen LogP contribution is 2.29. The van der Waals surface area contributed by atoms with E-state index in [1.165, 1.54) is 13.2 Å². The van der Waals surface area contributed by atoms with Gasteiger partial charge in [0.1, 0.15) is 18.4 Å². The Balaban J connectivity index is 2.29. The Bertz CT molecular complexity index is 411. The molecule has 100 valence electrons. The van der Waals surface area contributed by atoms with Gasteiger partial charge in [-0.2, -0.15) is 4.48 Å². The van der Waals surface area contributed by atoms with Crippen LogP contribution in [0.25, 0.3) is 0 Å². The molecule has 1 fully saturated rings. The second kappa shape index (κ2) is 4.41. The summed E-state index contributed by atoms with van der Waals surface area (Å²) in [5.74, 6) is -0.553.